The summed E-state index contributed by atoms with van der Waals surface area (Å²) in [5.74, 6) is 0.540. The predicted octanol–water partition coefficient (Wildman–Crippen LogP) is 3.52. The highest BCUT2D eigenvalue weighted by atomic mass is 19.1. The van der Waals surface area contributed by atoms with Gasteiger partial charge in [0.1, 0.15) is 17.8 Å². The Balaban J connectivity index is 1.63. The van der Waals surface area contributed by atoms with Crippen molar-refractivity contribution in [2.45, 2.75) is 25.8 Å². The van der Waals surface area contributed by atoms with E-state index in [1.165, 1.54) is 12.3 Å². The van der Waals surface area contributed by atoms with Crippen molar-refractivity contribution in [3.8, 4) is 0 Å². The zero-order chi connectivity index (χ0) is 17.1. The van der Waals surface area contributed by atoms with Gasteiger partial charge in [-0.05, 0) is 37.5 Å². The van der Waals surface area contributed by atoms with Gasteiger partial charge >= 0.3 is 0 Å². The molecule has 2 heterocycles. The summed E-state index contributed by atoms with van der Waals surface area (Å²) in [5.41, 5.74) is 1.33. The third-order valence-electron chi connectivity index (χ3n) is 4.27. The number of para-hydroxylation sites is 1. The Morgan fingerprint density at radius 1 is 1.33 bits per heavy atom. The summed E-state index contributed by atoms with van der Waals surface area (Å²) in [5, 5.41) is 14.0. The minimum Gasteiger partial charge on any atom is -0.380 e. The Kier molecular flexibility index (Phi) is 4.59. The molecule has 0 bridgehead atoms. The van der Waals surface area contributed by atoms with E-state index in [0.29, 0.717) is 5.69 Å². The van der Waals surface area contributed by atoms with Crippen LogP contribution in [0, 0.1) is 22.9 Å². The van der Waals surface area contributed by atoms with Gasteiger partial charge in [0.25, 0.3) is 5.69 Å². The number of anilines is 2. The fraction of sp³-hybridized carbons (Fsp3) is 0.353. The van der Waals surface area contributed by atoms with E-state index in [-0.39, 0.29) is 17.5 Å². The van der Waals surface area contributed by atoms with E-state index in [1.807, 2.05) is 13.0 Å². The van der Waals surface area contributed by atoms with E-state index in [9.17, 15) is 14.5 Å². The van der Waals surface area contributed by atoms with Gasteiger partial charge in [0.05, 0.1) is 10.6 Å². The second-order valence-electron chi connectivity index (χ2n) is 5.98. The number of piperidine rings is 1. The van der Waals surface area contributed by atoms with Crippen LogP contribution in [0.25, 0.3) is 0 Å². The summed E-state index contributed by atoms with van der Waals surface area (Å²) in [6.07, 6.45) is 3.00. The molecule has 1 N–H and O–H groups in total. The lowest BCUT2D eigenvalue weighted by molar-refractivity contribution is -0.385. The normalized spacial score (nSPS) is 15.3. The molecule has 7 heteroatoms. The van der Waals surface area contributed by atoms with Gasteiger partial charge in [-0.15, -0.1) is 0 Å². The average molecular weight is 330 g/mol. The standard InChI is InChI=1S/C17H19FN4O2/c1-12-10-14(22(23)24)11-19-17(12)21-8-6-13(7-9-21)20-16-5-3-2-4-15(16)18/h2-5,10-11,13,20H,6-9H2,1H3. The van der Waals surface area contributed by atoms with Crippen molar-refractivity contribution in [1.29, 1.82) is 0 Å². The first kappa shape index (κ1) is 16.2. The molecule has 6 nitrogen and oxygen atoms in total. The number of aryl methyl sites for hydroxylation is 1. The highest BCUT2D eigenvalue weighted by molar-refractivity contribution is 5.51. The molecular formula is C17H19FN4O2. The molecule has 126 valence electrons. The van der Waals surface area contributed by atoms with Crippen molar-refractivity contribution in [2.75, 3.05) is 23.3 Å². The first-order chi connectivity index (χ1) is 11.5. The van der Waals surface area contributed by atoms with Crippen molar-refractivity contribution in [3.05, 3.63) is 58.0 Å². The van der Waals surface area contributed by atoms with E-state index < -0.39 is 4.92 Å². The molecule has 0 aliphatic carbocycles. The number of hydrogen-bond donors (Lipinski definition) is 1. The largest absolute Gasteiger partial charge is 0.380 e. The molecule has 1 aromatic carbocycles. The molecule has 1 aromatic heterocycles. The van der Waals surface area contributed by atoms with Crippen LogP contribution in [-0.2, 0) is 0 Å². The molecule has 1 saturated heterocycles. The molecule has 0 radical (unpaired) electrons. The molecule has 0 amide bonds. The monoisotopic (exact) mass is 330 g/mol. The lowest BCUT2D eigenvalue weighted by atomic mass is 10.0. The Labute approximate surface area is 139 Å². The minimum absolute atomic E-state index is 0.00681. The smallest absolute Gasteiger partial charge is 0.287 e. The van der Waals surface area contributed by atoms with Crippen LogP contribution >= 0.6 is 0 Å². The van der Waals surface area contributed by atoms with Gasteiger partial charge in [-0.2, -0.15) is 0 Å². The van der Waals surface area contributed by atoms with Crippen LogP contribution in [-0.4, -0.2) is 29.0 Å². The van der Waals surface area contributed by atoms with Gasteiger partial charge in [-0.3, -0.25) is 10.1 Å². The highest BCUT2D eigenvalue weighted by Crippen LogP contribution is 2.26. The maximum Gasteiger partial charge on any atom is 0.287 e. The first-order valence-corrected chi connectivity index (χ1v) is 7.91. The Bertz CT molecular complexity index is 745. The van der Waals surface area contributed by atoms with Crippen molar-refractivity contribution in [3.63, 3.8) is 0 Å². The van der Waals surface area contributed by atoms with Gasteiger partial charge in [0, 0.05) is 25.2 Å². The number of aromatic nitrogens is 1. The van der Waals surface area contributed by atoms with E-state index in [1.54, 1.807) is 18.2 Å². The first-order valence-electron chi connectivity index (χ1n) is 7.91. The predicted molar refractivity (Wildman–Crippen MR) is 90.9 cm³/mol. The van der Waals surface area contributed by atoms with Crippen molar-refractivity contribution >= 4 is 17.2 Å². The topological polar surface area (TPSA) is 71.3 Å². The van der Waals surface area contributed by atoms with Crippen LogP contribution in [0.3, 0.4) is 0 Å². The Morgan fingerprint density at radius 2 is 2.04 bits per heavy atom. The molecule has 1 aliphatic rings. The fourth-order valence-electron chi connectivity index (χ4n) is 3.02. The second kappa shape index (κ2) is 6.82. The lowest BCUT2D eigenvalue weighted by Gasteiger charge is -2.34. The molecule has 1 fully saturated rings. The molecule has 24 heavy (non-hydrogen) atoms. The minimum atomic E-state index is -0.436. The molecule has 0 unspecified atom stereocenters. The molecule has 2 aromatic rings. The van der Waals surface area contributed by atoms with Crippen molar-refractivity contribution < 1.29 is 9.31 Å². The molecule has 3 rings (SSSR count). The summed E-state index contributed by atoms with van der Waals surface area (Å²) in [4.78, 5) is 16.7. The molecular weight excluding hydrogens is 311 g/mol. The lowest BCUT2D eigenvalue weighted by Crippen LogP contribution is -2.40. The number of nitro groups is 1. The number of nitrogens with one attached hydrogen (secondary N) is 1. The number of benzene rings is 1. The van der Waals surface area contributed by atoms with Gasteiger partial charge in [-0.25, -0.2) is 9.37 Å². The summed E-state index contributed by atoms with van der Waals surface area (Å²) in [7, 11) is 0. The van der Waals surface area contributed by atoms with E-state index in [0.717, 1.165) is 37.3 Å². The third-order valence-corrected chi connectivity index (χ3v) is 4.27. The number of hydrogen-bond acceptors (Lipinski definition) is 5. The summed E-state index contributed by atoms with van der Waals surface area (Å²) in [6, 6.07) is 8.42. The zero-order valence-corrected chi connectivity index (χ0v) is 13.4. The summed E-state index contributed by atoms with van der Waals surface area (Å²) >= 11 is 0. The summed E-state index contributed by atoms with van der Waals surface area (Å²) in [6.45, 7) is 3.38. The molecule has 0 saturated carbocycles. The van der Waals surface area contributed by atoms with Crippen molar-refractivity contribution in [1.82, 2.24) is 4.98 Å². The maximum atomic E-state index is 13.7. The van der Waals surface area contributed by atoms with Crippen LogP contribution in [0.4, 0.5) is 21.6 Å². The number of pyridine rings is 1. The van der Waals surface area contributed by atoms with Crippen LogP contribution < -0.4 is 10.2 Å². The Hall–Kier alpha value is -2.70. The second-order valence-corrected chi connectivity index (χ2v) is 5.98. The van der Waals surface area contributed by atoms with E-state index in [4.69, 9.17) is 0 Å². The summed E-state index contributed by atoms with van der Waals surface area (Å²) < 4.78 is 13.7. The fourth-order valence-corrected chi connectivity index (χ4v) is 3.02. The third kappa shape index (κ3) is 3.45. The highest BCUT2D eigenvalue weighted by Gasteiger charge is 2.22. The quantitative estimate of drug-likeness (QED) is 0.686. The van der Waals surface area contributed by atoms with Crippen LogP contribution in [0.5, 0.6) is 0 Å². The van der Waals surface area contributed by atoms with Crippen molar-refractivity contribution in [2.24, 2.45) is 0 Å². The molecule has 0 spiro atoms. The number of rotatable bonds is 4. The average Bonchev–Trinajstić information content (AvgIpc) is 2.58. The van der Waals surface area contributed by atoms with Gasteiger partial charge in [0.2, 0.25) is 0 Å². The Morgan fingerprint density at radius 3 is 2.67 bits per heavy atom. The SMILES string of the molecule is Cc1cc([N+](=O)[O-])cnc1N1CCC(Nc2ccccc2F)CC1. The maximum absolute atomic E-state index is 13.7. The molecule has 1 aliphatic heterocycles. The molecule has 0 atom stereocenters. The number of nitrogens with zero attached hydrogens (tertiary/aromatic N) is 3. The van der Waals surface area contributed by atoms with Crippen LogP contribution in [0.1, 0.15) is 18.4 Å². The van der Waals surface area contributed by atoms with Gasteiger partial charge in [0.15, 0.2) is 0 Å². The van der Waals surface area contributed by atoms with Crippen LogP contribution in [0.15, 0.2) is 36.5 Å². The zero-order valence-electron chi connectivity index (χ0n) is 13.4. The van der Waals surface area contributed by atoms with E-state index >= 15 is 0 Å². The number of halogens is 1. The van der Waals surface area contributed by atoms with E-state index in [2.05, 4.69) is 15.2 Å². The van der Waals surface area contributed by atoms with Crippen LogP contribution in [0.2, 0.25) is 0 Å². The van der Waals surface area contributed by atoms with Gasteiger partial charge in [-0.1, -0.05) is 12.1 Å². The van der Waals surface area contributed by atoms with Gasteiger partial charge < -0.3 is 10.2 Å².